The number of hydrogen-bond acceptors (Lipinski definition) is 6. The van der Waals surface area contributed by atoms with Gasteiger partial charge >= 0.3 is 12.1 Å². The fourth-order valence-corrected chi connectivity index (χ4v) is 1.95. The second-order valence-electron chi connectivity index (χ2n) is 7.43. The molecule has 1 atom stereocenters. The van der Waals surface area contributed by atoms with Gasteiger partial charge in [-0.25, -0.2) is 10.2 Å². The van der Waals surface area contributed by atoms with Crippen molar-refractivity contribution in [3.8, 4) is 0 Å². The Morgan fingerprint density at radius 1 is 0.964 bits per heavy atom. The lowest BCUT2D eigenvalue weighted by Gasteiger charge is -2.21. The molecule has 160 valence electrons. The first kappa shape index (κ1) is 25.1. The summed E-state index contributed by atoms with van der Waals surface area (Å²) in [6, 6.07) is -0.880. The number of carbonyl (C=O) groups is 5. The van der Waals surface area contributed by atoms with E-state index < -0.39 is 48.0 Å². The highest BCUT2D eigenvalue weighted by molar-refractivity contribution is 5.89. The first-order chi connectivity index (χ1) is 12.8. The maximum Gasteiger partial charge on any atom is 0.426 e. The summed E-state index contributed by atoms with van der Waals surface area (Å²) >= 11 is 0. The SMILES string of the molecule is CC(C)C(NC(=O)CCCC(=O)NNC(=O)OC(C)(C)C)C(=O)NCC(=O)O. The predicted molar refractivity (Wildman–Crippen MR) is 98.8 cm³/mol. The molecule has 0 radical (unpaired) electrons. The van der Waals surface area contributed by atoms with Crippen LogP contribution in [0.4, 0.5) is 4.79 Å². The number of hydrazine groups is 1. The number of nitrogens with one attached hydrogen (secondary N) is 4. The molecular formula is C17H30N4O7. The lowest BCUT2D eigenvalue weighted by atomic mass is 10.0. The van der Waals surface area contributed by atoms with Crippen molar-refractivity contribution in [1.29, 1.82) is 0 Å². The van der Waals surface area contributed by atoms with Crippen LogP contribution in [0.25, 0.3) is 0 Å². The average molecular weight is 402 g/mol. The number of rotatable bonds is 9. The fourth-order valence-electron chi connectivity index (χ4n) is 1.95. The van der Waals surface area contributed by atoms with Crippen LogP contribution in [0.2, 0.25) is 0 Å². The minimum absolute atomic E-state index is 0.0186. The third kappa shape index (κ3) is 12.5. The number of carboxylic acid groups (broad SMARTS) is 1. The van der Waals surface area contributed by atoms with Gasteiger partial charge in [-0.15, -0.1) is 0 Å². The van der Waals surface area contributed by atoms with Crippen molar-refractivity contribution in [2.45, 2.75) is 65.5 Å². The van der Waals surface area contributed by atoms with Crippen molar-refractivity contribution < 1.29 is 33.8 Å². The maximum absolute atomic E-state index is 12.0. The summed E-state index contributed by atoms with van der Waals surface area (Å²) in [5.41, 5.74) is 3.57. The molecular weight excluding hydrogens is 372 g/mol. The molecule has 4 amide bonds. The first-order valence-electron chi connectivity index (χ1n) is 8.88. The van der Waals surface area contributed by atoms with E-state index in [1.54, 1.807) is 34.6 Å². The molecule has 28 heavy (non-hydrogen) atoms. The zero-order valence-electron chi connectivity index (χ0n) is 16.9. The molecule has 0 bridgehead atoms. The summed E-state index contributed by atoms with van der Waals surface area (Å²) in [4.78, 5) is 57.5. The van der Waals surface area contributed by atoms with E-state index in [4.69, 9.17) is 9.84 Å². The zero-order valence-corrected chi connectivity index (χ0v) is 16.9. The molecule has 0 rings (SSSR count). The van der Waals surface area contributed by atoms with Crippen LogP contribution in [0.5, 0.6) is 0 Å². The summed E-state index contributed by atoms with van der Waals surface area (Å²) in [6.07, 6.45) is -0.656. The van der Waals surface area contributed by atoms with Crippen LogP contribution in [0, 0.1) is 5.92 Å². The van der Waals surface area contributed by atoms with Crippen molar-refractivity contribution in [2.24, 2.45) is 5.92 Å². The van der Waals surface area contributed by atoms with Gasteiger partial charge in [0.2, 0.25) is 17.7 Å². The van der Waals surface area contributed by atoms with Crippen molar-refractivity contribution in [3.05, 3.63) is 0 Å². The molecule has 11 heteroatoms. The predicted octanol–water partition coefficient (Wildman–Crippen LogP) is 0.0542. The summed E-state index contributed by atoms with van der Waals surface area (Å²) in [6.45, 7) is 7.92. The Hall–Kier alpha value is -2.85. The van der Waals surface area contributed by atoms with Crippen molar-refractivity contribution in [2.75, 3.05) is 6.54 Å². The third-order valence-corrected chi connectivity index (χ3v) is 3.19. The number of hydrogen-bond donors (Lipinski definition) is 5. The van der Waals surface area contributed by atoms with E-state index in [0.717, 1.165) is 0 Å². The average Bonchev–Trinajstić information content (AvgIpc) is 2.53. The third-order valence-electron chi connectivity index (χ3n) is 3.19. The van der Waals surface area contributed by atoms with E-state index in [1.807, 2.05) is 0 Å². The van der Waals surface area contributed by atoms with Crippen LogP contribution in [0.3, 0.4) is 0 Å². The number of carboxylic acids is 1. The standard InChI is InChI=1S/C17H30N4O7/c1-10(2)14(15(26)18-9-13(24)25)19-11(22)7-6-8-12(23)20-21-16(27)28-17(3,4)5/h10,14H,6-9H2,1-5H3,(H,18,26)(H,19,22)(H,20,23)(H,21,27)(H,24,25). The van der Waals surface area contributed by atoms with Gasteiger partial charge in [0.05, 0.1) is 0 Å². The maximum atomic E-state index is 12.0. The number of amides is 4. The van der Waals surface area contributed by atoms with Crippen LogP contribution < -0.4 is 21.5 Å². The topological polar surface area (TPSA) is 163 Å². The smallest absolute Gasteiger partial charge is 0.426 e. The monoisotopic (exact) mass is 402 g/mol. The second kappa shape index (κ2) is 11.8. The molecule has 5 N–H and O–H groups in total. The van der Waals surface area contributed by atoms with E-state index in [1.165, 1.54) is 0 Å². The van der Waals surface area contributed by atoms with Gasteiger partial charge in [-0.2, -0.15) is 0 Å². The molecule has 1 unspecified atom stereocenters. The molecule has 0 saturated carbocycles. The molecule has 0 aromatic heterocycles. The Morgan fingerprint density at radius 2 is 1.54 bits per heavy atom. The Balaban J connectivity index is 4.24. The molecule has 0 aliphatic heterocycles. The van der Waals surface area contributed by atoms with E-state index in [2.05, 4.69) is 21.5 Å². The molecule has 0 spiro atoms. The van der Waals surface area contributed by atoms with Crippen LogP contribution >= 0.6 is 0 Å². The van der Waals surface area contributed by atoms with Crippen molar-refractivity contribution >= 4 is 29.8 Å². The van der Waals surface area contributed by atoms with Crippen molar-refractivity contribution in [1.82, 2.24) is 21.5 Å². The lowest BCUT2D eigenvalue weighted by molar-refractivity contribution is -0.138. The minimum Gasteiger partial charge on any atom is -0.480 e. The molecule has 0 aliphatic rings. The van der Waals surface area contributed by atoms with E-state index >= 15 is 0 Å². The Labute approximate surface area is 163 Å². The minimum atomic E-state index is -1.19. The largest absolute Gasteiger partial charge is 0.480 e. The van der Waals surface area contributed by atoms with Gasteiger partial charge in [0, 0.05) is 12.8 Å². The van der Waals surface area contributed by atoms with E-state index in [0.29, 0.717) is 0 Å². The highest BCUT2D eigenvalue weighted by Gasteiger charge is 2.24. The normalized spacial score (nSPS) is 11.9. The van der Waals surface area contributed by atoms with E-state index in [9.17, 15) is 24.0 Å². The zero-order chi connectivity index (χ0) is 21.9. The molecule has 0 fully saturated rings. The van der Waals surface area contributed by atoms with Crippen molar-refractivity contribution in [3.63, 3.8) is 0 Å². The molecule has 0 aliphatic carbocycles. The highest BCUT2D eigenvalue weighted by Crippen LogP contribution is 2.06. The van der Waals surface area contributed by atoms with Gasteiger partial charge in [-0.05, 0) is 33.1 Å². The van der Waals surface area contributed by atoms with Gasteiger partial charge in [0.25, 0.3) is 0 Å². The fraction of sp³-hybridized carbons (Fsp3) is 0.706. The molecule has 0 aromatic rings. The molecule has 0 heterocycles. The summed E-state index contributed by atoms with van der Waals surface area (Å²) < 4.78 is 4.95. The summed E-state index contributed by atoms with van der Waals surface area (Å²) in [7, 11) is 0. The molecule has 11 nitrogen and oxygen atoms in total. The first-order valence-corrected chi connectivity index (χ1v) is 8.88. The Kier molecular flexibility index (Phi) is 10.6. The Morgan fingerprint density at radius 3 is 2.04 bits per heavy atom. The Bertz CT molecular complexity index is 585. The van der Waals surface area contributed by atoms with Crippen LogP contribution in [-0.4, -0.2) is 53.1 Å². The van der Waals surface area contributed by atoms with Gasteiger partial charge in [0.15, 0.2) is 0 Å². The van der Waals surface area contributed by atoms with E-state index in [-0.39, 0.29) is 25.2 Å². The van der Waals surface area contributed by atoms with Crippen LogP contribution in [0.15, 0.2) is 0 Å². The van der Waals surface area contributed by atoms with Crippen LogP contribution in [0.1, 0.15) is 53.9 Å². The quantitative estimate of drug-likeness (QED) is 0.340. The summed E-state index contributed by atoms with van der Waals surface area (Å²) in [5, 5.41) is 13.3. The number of aliphatic carboxylic acids is 1. The van der Waals surface area contributed by atoms with Gasteiger partial charge in [-0.1, -0.05) is 13.8 Å². The van der Waals surface area contributed by atoms with Gasteiger partial charge in [-0.3, -0.25) is 24.6 Å². The molecule has 0 saturated heterocycles. The second-order valence-corrected chi connectivity index (χ2v) is 7.43. The molecule has 0 aromatic carbocycles. The summed E-state index contributed by atoms with van der Waals surface area (Å²) in [5.74, 6) is -2.98. The number of carbonyl (C=O) groups excluding carboxylic acids is 4. The van der Waals surface area contributed by atoms with Crippen LogP contribution in [-0.2, 0) is 23.9 Å². The highest BCUT2D eigenvalue weighted by atomic mass is 16.6. The lowest BCUT2D eigenvalue weighted by Crippen LogP contribution is -2.50. The van der Waals surface area contributed by atoms with Gasteiger partial charge in [0.1, 0.15) is 18.2 Å². The number of ether oxygens (including phenoxy) is 1. The van der Waals surface area contributed by atoms with Gasteiger partial charge < -0.3 is 20.5 Å².